The molecular formula is C13H22N2. The molecule has 2 N–H and O–H groups in total. The van der Waals surface area contributed by atoms with E-state index in [2.05, 4.69) is 31.8 Å². The van der Waals surface area contributed by atoms with Crippen molar-refractivity contribution < 1.29 is 0 Å². The molecule has 0 atom stereocenters. The third-order valence-corrected chi connectivity index (χ3v) is 2.93. The van der Waals surface area contributed by atoms with Gasteiger partial charge in [-0.3, -0.25) is 4.99 Å². The summed E-state index contributed by atoms with van der Waals surface area (Å²) in [5.74, 6) is 0.441. The van der Waals surface area contributed by atoms with Gasteiger partial charge in [-0.15, -0.1) is 0 Å². The second-order valence-electron chi connectivity index (χ2n) is 4.33. The van der Waals surface area contributed by atoms with Gasteiger partial charge in [0.2, 0.25) is 0 Å². The molecule has 2 nitrogen and oxygen atoms in total. The molecule has 0 aromatic carbocycles. The summed E-state index contributed by atoms with van der Waals surface area (Å²) in [7, 11) is 1.86. The Balaban J connectivity index is 3.18. The summed E-state index contributed by atoms with van der Waals surface area (Å²) in [6.45, 7) is 6.43. The average Bonchev–Trinajstić information content (AvgIpc) is 2.21. The molecule has 1 aliphatic carbocycles. The molecule has 0 heterocycles. The highest BCUT2D eigenvalue weighted by Crippen LogP contribution is 2.30. The van der Waals surface area contributed by atoms with Gasteiger partial charge in [0.05, 0.1) is 0 Å². The number of hydrogen-bond acceptors (Lipinski definition) is 2. The molecular weight excluding hydrogens is 184 g/mol. The zero-order valence-corrected chi connectivity index (χ0v) is 10.3. The molecule has 1 aliphatic rings. The van der Waals surface area contributed by atoms with E-state index in [-0.39, 0.29) is 0 Å². The number of aliphatic imine (C=N–C) groups is 1. The van der Waals surface area contributed by atoms with Crippen LogP contribution in [0.1, 0.15) is 40.0 Å². The normalized spacial score (nSPS) is 21.7. The molecule has 0 aliphatic heterocycles. The van der Waals surface area contributed by atoms with Crippen LogP contribution in [0.25, 0.3) is 0 Å². The molecule has 0 aromatic heterocycles. The Morgan fingerprint density at radius 1 is 1.40 bits per heavy atom. The number of hydrogen-bond donors (Lipinski definition) is 1. The Morgan fingerprint density at radius 2 is 2.07 bits per heavy atom. The van der Waals surface area contributed by atoms with E-state index in [1.165, 1.54) is 17.6 Å². The van der Waals surface area contributed by atoms with Gasteiger partial charge in [0, 0.05) is 24.0 Å². The van der Waals surface area contributed by atoms with Crippen LogP contribution < -0.4 is 5.73 Å². The highest BCUT2D eigenvalue weighted by Gasteiger charge is 2.21. The van der Waals surface area contributed by atoms with Gasteiger partial charge in [0.15, 0.2) is 0 Å². The Bertz CT molecular complexity index is 319. The maximum atomic E-state index is 6.12. The van der Waals surface area contributed by atoms with Crippen LogP contribution in [0.5, 0.6) is 0 Å². The lowest BCUT2D eigenvalue weighted by molar-refractivity contribution is 0.756. The first kappa shape index (κ1) is 12.0. The lowest BCUT2D eigenvalue weighted by atomic mass is 9.84. The van der Waals surface area contributed by atoms with E-state index in [0.717, 1.165) is 24.3 Å². The van der Waals surface area contributed by atoms with E-state index in [4.69, 9.17) is 5.73 Å². The molecule has 1 rings (SSSR count). The van der Waals surface area contributed by atoms with Gasteiger partial charge in [0.1, 0.15) is 0 Å². The van der Waals surface area contributed by atoms with Crippen LogP contribution in [0.15, 0.2) is 27.9 Å². The maximum absolute atomic E-state index is 6.12. The van der Waals surface area contributed by atoms with E-state index in [1.54, 1.807) is 0 Å². The molecule has 0 unspecified atom stereocenters. The van der Waals surface area contributed by atoms with E-state index >= 15 is 0 Å². The van der Waals surface area contributed by atoms with Crippen molar-refractivity contribution in [3.63, 3.8) is 0 Å². The van der Waals surface area contributed by atoms with Crippen molar-refractivity contribution in [3.05, 3.63) is 22.9 Å². The van der Waals surface area contributed by atoms with E-state index in [9.17, 15) is 0 Å². The van der Waals surface area contributed by atoms with Crippen molar-refractivity contribution in [1.82, 2.24) is 0 Å². The third-order valence-electron chi connectivity index (χ3n) is 2.93. The van der Waals surface area contributed by atoms with Gasteiger partial charge < -0.3 is 5.73 Å². The van der Waals surface area contributed by atoms with Gasteiger partial charge in [-0.2, -0.15) is 0 Å². The zero-order chi connectivity index (χ0) is 11.4. The van der Waals surface area contributed by atoms with Crippen molar-refractivity contribution >= 4 is 5.71 Å². The minimum Gasteiger partial charge on any atom is -0.401 e. The zero-order valence-electron chi connectivity index (χ0n) is 10.3. The van der Waals surface area contributed by atoms with E-state index in [1.807, 2.05) is 7.05 Å². The van der Waals surface area contributed by atoms with E-state index in [0.29, 0.717) is 5.92 Å². The molecule has 0 aromatic rings. The highest BCUT2D eigenvalue weighted by molar-refractivity contribution is 6.05. The molecule has 2 heteroatoms. The summed E-state index contributed by atoms with van der Waals surface area (Å²) in [6, 6.07) is 0. The smallest absolute Gasteiger partial charge is 0.0462 e. The predicted octanol–water partition coefficient (Wildman–Crippen LogP) is 3.06. The summed E-state index contributed by atoms with van der Waals surface area (Å²) in [4.78, 5) is 4.40. The molecule has 0 spiro atoms. The van der Waals surface area contributed by atoms with Crippen molar-refractivity contribution in [2.45, 2.75) is 40.0 Å². The summed E-state index contributed by atoms with van der Waals surface area (Å²) >= 11 is 0. The van der Waals surface area contributed by atoms with Crippen LogP contribution >= 0.6 is 0 Å². The number of nitrogens with two attached hydrogens (primary N) is 1. The van der Waals surface area contributed by atoms with Crippen LogP contribution in [0.3, 0.4) is 0 Å². The van der Waals surface area contributed by atoms with Crippen LogP contribution in [-0.2, 0) is 0 Å². The predicted molar refractivity (Wildman–Crippen MR) is 67.0 cm³/mol. The largest absolute Gasteiger partial charge is 0.401 e. The van der Waals surface area contributed by atoms with Gasteiger partial charge in [0.25, 0.3) is 0 Å². The Morgan fingerprint density at radius 3 is 2.53 bits per heavy atom. The fourth-order valence-corrected chi connectivity index (χ4v) is 2.20. The molecule has 0 fully saturated rings. The summed E-state index contributed by atoms with van der Waals surface area (Å²) in [5, 5.41) is 0. The minimum absolute atomic E-state index is 0.441. The molecule has 15 heavy (non-hydrogen) atoms. The van der Waals surface area contributed by atoms with Gasteiger partial charge in [-0.05, 0) is 37.7 Å². The topological polar surface area (TPSA) is 38.4 Å². The second-order valence-corrected chi connectivity index (χ2v) is 4.33. The molecule has 0 radical (unpaired) electrons. The minimum atomic E-state index is 0.441. The highest BCUT2D eigenvalue weighted by atomic mass is 14.7. The molecule has 0 saturated carbocycles. The summed E-state index contributed by atoms with van der Waals surface area (Å²) < 4.78 is 0. The average molecular weight is 206 g/mol. The fourth-order valence-electron chi connectivity index (χ4n) is 2.20. The molecule has 0 bridgehead atoms. The standard InChI is InChI=1S/C13H22N2/c1-5-10-7-6-8-11(14)12(10)13(15-4)9(2)3/h5,9H,6-8,14H2,1-4H3/b10-5-,15-13?. The second kappa shape index (κ2) is 5.15. The van der Waals surface area contributed by atoms with E-state index < -0.39 is 0 Å². The van der Waals surface area contributed by atoms with Crippen molar-refractivity contribution in [3.8, 4) is 0 Å². The van der Waals surface area contributed by atoms with Crippen molar-refractivity contribution in [2.75, 3.05) is 7.05 Å². The van der Waals surface area contributed by atoms with Crippen LogP contribution in [-0.4, -0.2) is 12.8 Å². The first-order chi connectivity index (χ1) is 7.11. The van der Waals surface area contributed by atoms with Crippen LogP contribution in [0, 0.1) is 5.92 Å². The van der Waals surface area contributed by atoms with Gasteiger partial charge in [-0.1, -0.05) is 19.9 Å². The number of nitrogens with zero attached hydrogens (tertiary/aromatic N) is 1. The van der Waals surface area contributed by atoms with Crippen LogP contribution in [0.4, 0.5) is 0 Å². The first-order valence-corrected chi connectivity index (χ1v) is 5.73. The number of allylic oxidation sites excluding steroid dienone is 4. The SMILES string of the molecule is C/C=C1/CCCC(N)=C1C(=NC)C(C)C. The lowest BCUT2D eigenvalue weighted by Crippen LogP contribution is -2.20. The monoisotopic (exact) mass is 206 g/mol. The van der Waals surface area contributed by atoms with Crippen molar-refractivity contribution in [2.24, 2.45) is 16.6 Å². The molecule has 84 valence electrons. The quantitative estimate of drug-likeness (QED) is 0.693. The third kappa shape index (κ3) is 2.49. The summed E-state index contributed by atoms with van der Waals surface area (Å²) in [6.07, 6.45) is 5.50. The molecule has 0 saturated heterocycles. The Labute approximate surface area is 93.0 Å². The van der Waals surface area contributed by atoms with Gasteiger partial charge >= 0.3 is 0 Å². The summed E-state index contributed by atoms with van der Waals surface area (Å²) in [5.41, 5.74) is 10.9. The Hall–Kier alpha value is -1.05. The molecule has 0 amide bonds. The van der Waals surface area contributed by atoms with Crippen molar-refractivity contribution in [1.29, 1.82) is 0 Å². The van der Waals surface area contributed by atoms with Crippen LogP contribution in [0.2, 0.25) is 0 Å². The Kier molecular flexibility index (Phi) is 4.13. The van der Waals surface area contributed by atoms with Gasteiger partial charge in [-0.25, -0.2) is 0 Å². The lowest BCUT2D eigenvalue weighted by Gasteiger charge is -2.23. The fraction of sp³-hybridized carbons (Fsp3) is 0.615. The first-order valence-electron chi connectivity index (χ1n) is 5.73. The maximum Gasteiger partial charge on any atom is 0.0462 e. The number of rotatable bonds is 2.